The first-order valence-corrected chi connectivity index (χ1v) is 16.7. The average molecular weight is 455 g/mol. The van der Waals surface area contributed by atoms with E-state index in [0.717, 1.165) is 18.1 Å². The van der Waals surface area contributed by atoms with Gasteiger partial charge in [0.15, 0.2) is 0 Å². The monoisotopic (exact) mass is 454 g/mol. The zero-order valence-corrected chi connectivity index (χ0v) is 19.0. The first-order valence-electron chi connectivity index (χ1n) is 8.51. The lowest BCUT2D eigenvalue weighted by molar-refractivity contribution is -0.134. The molecule has 1 fully saturated rings. The van der Waals surface area contributed by atoms with Gasteiger partial charge in [-0.25, -0.2) is 0 Å². The van der Waals surface area contributed by atoms with Gasteiger partial charge in [-0.15, -0.1) is 0 Å². The van der Waals surface area contributed by atoms with Gasteiger partial charge in [0, 0.05) is 11.7 Å². The Kier molecular flexibility index (Phi) is 7.47. The highest BCUT2D eigenvalue weighted by Crippen LogP contribution is 2.99. The van der Waals surface area contributed by atoms with Crippen LogP contribution < -0.4 is 15.3 Å². The topological polar surface area (TPSA) is 46.5 Å². The third kappa shape index (κ3) is 5.62. The van der Waals surface area contributed by atoms with Gasteiger partial charge in [0.25, 0.3) is 0 Å². The molecule has 1 saturated heterocycles. The van der Waals surface area contributed by atoms with Crippen LogP contribution in [0.3, 0.4) is 0 Å². The zero-order chi connectivity index (χ0) is 19.3. The predicted molar refractivity (Wildman–Crippen MR) is 125 cm³/mol. The molecule has 1 N–H and O–H groups in total. The molecule has 0 radical (unpaired) electrons. The van der Waals surface area contributed by atoms with E-state index in [9.17, 15) is 9.90 Å². The number of aromatic hydroxyl groups is 1. The molecular weight excluding hydrogens is 434 g/mol. The van der Waals surface area contributed by atoms with Crippen molar-refractivity contribution in [1.29, 1.82) is 0 Å². The van der Waals surface area contributed by atoms with E-state index in [1.54, 1.807) is 12.1 Å². The van der Waals surface area contributed by atoms with Crippen LogP contribution in [0.1, 0.15) is 26.2 Å². The number of rotatable bonds is 7. The van der Waals surface area contributed by atoms with Crippen molar-refractivity contribution in [1.82, 2.24) is 0 Å². The molecule has 0 aliphatic carbocycles. The molecule has 0 atom stereocenters. The Balaban J connectivity index is 1.52. The minimum absolute atomic E-state index is 0.187. The van der Waals surface area contributed by atoms with Gasteiger partial charge in [0.05, 0.1) is 10.8 Å². The summed E-state index contributed by atoms with van der Waals surface area (Å²) < 4.78 is 3.75. The molecule has 1 aliphatic heterocycles. The molecule has 8 heteroatoms. The number of phenolic OH excluding ortho intramolecular Hbond substituents is 1. The molecule has 1 aliphatic rings. The summed E-state index contributed by atoms with van der Waals surface area (Å²) in [5.74, 6) is 0.677. The van der Waals surface area contributed by atoms with E-state index in [4.69, 9.17) is 16.5 Å². The van der Waals surface area contributed by atoms with Crippen molar-refractivity contribution < 1.29 is 14.6 Å². The van der Waals surface area contributed by atoms with E-state index in [-0.39, 0.29) is 11.7 Å². The van der Waals surface area contributed by atoms with Crippen molar-refractivity contribution in [2.75, 3.05) is 0 Å². The Morgan fingerprint density at radius 1 is 1.19 bits per heavy atom. The fraction of sp³-hybridized carbons (Fsp3) is 0.211. The van der Waals surface area contributed by atoms with Gasteiger partial charge in [0.2, 0.25) is 0 Å². The van der Waals surface area contributed by atoms with Gasteiger partial charge in [0.1, 0.15) is 11.5 Å². The lowest BCUT2D eigenvalue weighted by Gasteiger charge is -2.37. The number of benzene rings is 2. The van der Waals surface area contributed by atoms with Crippen molar-refractivity contribution in [3.8, 4) is 11.5 Å². The maximum atomic E-state index is 11.9. The van der Waals surface area contributed by atoms with Crippen LogP contribution in [0.5, 0.6) is 11.5 Å². The van der Waals surface area contributed by atoms with E-state index in [1.165, 1.54) is 5.30 Å². The van der Waals surface area contributed by atoms with Gasteiger partial charge in [-0.2, -0.15) is 0 Å². The van der Waals surface area contributed by atoms with Gasteiger partial charge in [-0.3, -0.25) is 4.79 Å². The Labute approximate surface area is 173 Å². The number of carbonyl (C=O) groups is 1. The maximum Gasteiger partial charge on any atom is 0.311 e. The smallest absolute Gasteiger partial charge is 0.311 e. The molecule has 0 unspecified atom stereocenters. The van der Waals surface area contributed by atoms with Gasteiger partial charge in [-0.1, -0.05) is 46.0 Å². The second kappa shape index (κ2) is 9.62. The van der Waals surface area contributed by atoms with Gasteiger partial charge < -0.3 is 9.84 Å². The van der Waals surface area contributed by atoms with Crippen LogP contribution in [0.2, 0.25) is 0 Å². The van der Waals surface area contributed by atoms with E-state index in [0.29, 0.717) is 12.2 Å². The third-order valence-electron chi connectivity index (χ3n) is 3.80. The summed E-state index contributed by atoms with van der Waals surface area (Å²) in [5, 5.41) is 11.8. The van der Waals surface area contributed by atoms with Gasteiger partial charge in [-0.05, 0) is 73.6 Å². The lowest BCUT2D eigenvalue weighted by Crippen LogP contribution is -2.09. The summed E-state index contributed by atoms with van der Waals surface area (Å²) in [4.78, 5) is 11.9. The second-order valence-corrected chi connectivity index (χ2v) is 22.5. The number of phenols is 1. The van der Waals surface area contributed by atoms with Gasteiger partial charge >= 0.3 is 5.97 Å². The largest absolute Gasteiger partial charge is 0.508 e. The Bertz CT molecular complexity index is 857. The summed E-state index contributed by atoms with van der Waals surface area (Å²) in [5.41, 5.74) is 0. The number of esters is 1. The van der Waals surface area contributed by atoms with Crippen LogP contribution in [-0.4, -0.2) is 11.1 Å². The SMILES string of the molecule is C/C=C\CCCC(=O)Oc1ccc(P2SP(=S)(c3ccc(O)cc3)S2)cc1. The fourth-order valence-electron chi connectivity index (χ4n) is 2.37. The molecule has 0 spiro atoms. The summed E-state index contributed by atoms with van der Waals surface area (Å²) in [6, 6.07) is 15.1. The Hall–Kier alpha value is -0.770. The molecule has 2 aromatic carbocycles. The molecule has 0 aromatic heterocycles. The molecule has 2 aromatic rings. The zero-order valence-electron chi connectivity index (χ0n) is 14.8. The molecule has 0 bridgehead atoms. The summed E-state index contributed by atoms with van der Waals surface area (Å²) in [6.07, 6.45) is 5.79. The lowest BCUT2D eigenvalue weighted by atomic mass is 10.2. The van der Waals surface area contributed by atoms with Crippen molar-refractivity contribution in [2.24, 2.45) is 0 Å². The molecule has 3 rings (SSSR count). The number of hydrogen-bond donors (Lipinski definition) is 1. The Morgan fingerprint density at radius 3 is 2.48 bits per heavy atom. The predicted octanol–water partition coefficient (Wildman–Crippen LogP) is 6.10. The molecule has 142 valence electrons. The highest BCUT2D eigenvalue weighted by molar-refractivity contribution is 9.43. The van der Waals surface area contributed by atoms with Crippen LogP contribution in [0, 0.1) is 0 Å². The van der Waals surface area contributed by atoms with Crippen LogP contribution in [0.25, 0.3) is 0 Å². The normalized spacial score (nSPS) is 21.7. The first kappa shape index (κ1) is 21.0. The molecule has 1 heterocycles. The van der Waals surface area contributed by atoms with E-state index < -0.39 is 10.8 Å². The minimum atomic E-state index is -1.65. The number of hydrogen-bond acceptors (Lipinski definition) is 6. The van der Waals surface area contributed by atoms with Crippen LogP contribution in [0.4, 0.5) is 0 Å². The van der Waals surface area contributed by atoms with E-state index in [2.05, 4.69) is 6.08 Å². The molecule has 0 amide bonds. The second-order valence-electron chi connectivity index (χ2n) is 5.86. The number of carbonyl (C=O) groups excluding carboxylic acids is 1. The minimum Gasteiger partial charge on any atom is -0.508 e. The van der Waals surface area contributed by atoms with Crippen LogP contribution in [0.15, 0.2) is 60.7 Å². The van der Waals surface area contributed by atoms with Crippen LogP contribution in [-0.2, 0) is 16.6 Å². The van der Waals surface area contributed by atoms with Crippen molar-refractivity contribution in [2.45, 2.75) is 26.2 Å². The first-order chi connectivity index (χ1) is 13.0. The summed E-state index contributed by atoms with van der Waals surface area (Å²) in [6.45, 7) is 1.98. The fourth-order valence-corrected chi connectivity index (χ4v) is 28.3. The Morgan fingerprint density at radius 2 is 1.85 bits per heavy atom. The number of unbranched alkanes of at least 4 members (excludes halogenated alkanes) is 1. The molecule has 27 heavy (non-hydrogen) atoms. The summed E-state index contributed by atoms with van der Waals surface area (Å²) >= 11 is 9.62. The quantitative estimate of drug-likeness (QED) is 0.179. The van der Waals surface area contributed by atoms with E-state index >= 15 is 0 Å². The average Bonchev–Trinajstić information content (AvgIpc) is 2.64. The number of ether oxygens (including phenoxy) is 1. The highest BCUT2D eigenvalue weighted by Gasteiger charge is 2.40. The molecule has 0 saturated carbocycles. The maximum absolute atomic E-state index is 11.9. The van der Waals surface area contributed by atoms with E-state index in [1.807, 2.05) is 71.4 Å². The standard InChI is InChI=1S/C19H20O3P2S3/c1-2-3-4-5-6-19(21)22-16-9-11-17(12-10-16)23-26-24(25,27-23)18-13-7-15(20)8-14-18/h2-3,7-14,20H,4-6H2,1H3/b3-2-. The van der Waals surface area contributed by atoms with Crippen LogP contribution >= 0.6 is 32.8 Å². The van der Waals surface area contributed by atoms with Crippen molar-refractivity contribution in [3.05, 3.63) is 60.7 Å². The molecule has 3 nitrogen and oxygen atoms in total. The van der Waals surface area contributed by atoms with Crippen molar-refractivity contribution >= 4 is 61.2 Å². The highest BCUT2D eigenvalue weighted by atomic mass is 33.7. The molecular formula is C19H20O3P2S3. The third-order valence-corrected chi connectivity index (χ3v) is 28.9. The number of allylic oxidation sites excluding steroid dienone is 2. The summed E-state index contributed by atoms with van der Waals surface area (Å²) in [7, 11) is 0. The van der Waals surface area contributed by atoms with Crippen molar-refractivity contribution in [3.63, 3.8) is 0 Å².